The van der Waals surface area contributed by atoms with Gasteiger partial charge in [-0.1, -0.05) is 17.4 Å². The minimum Gasteiger partial charge on any atom is -0.389 e. The number of nitrogens with zero attached hydrogens (tertiary/aromatic N) is 3. The van der Waals surface area contributed by atoms with E-state index in [1.165, 1.54) is 13.1 Å². The molecule has 1 aromatic carbocycles. The number of amides is 2. The van der Waals surface area contributed by atoms with Crippen LogP contribution in [0, 0.1) is 17.0 Å². The molecule has 1 fully saturated rings. The fourth-order valence-electron chi connectivity index (χ4n) is 3.01. The van der Waals surface area contributed by atoms with Gasteiger partial charge in [0.15, 0.2) is 5.69 Å². The molecule has 0 saturated carbocycles. The van der Waals surface area contributed by atoms with E-state index in [-0.39, 0.29) is 33.7 Å². The van der Waals surface area contributed by atoms with Gasteiger partial charge in [-0.05, 0) is 12.1 Å². The average Bonchev–Trinajstić information content (AvgIpc) is 3.09. The van der Waals surface area contributed by atoms with E-state index in [4.69, 9.17) is 11.1 Å². The van der Waals surface area contributed by atoms with Gasteiger partial charge >= 0.3 is 0 Å². The van der Waals surface area contributed by atoms with Gasteiger partial charge in [0.05, 0.1) is 12.1 Å². The minimum atomic E-state index is -0.942. The molecule has 1 aliphatic heterocycles. The highest BCUT2D eigenvalue weighted by Crippen LogP contribution is 2.33. The van der Waals surface area contributed by atoms with Crippen molar-refractivity contribution in [1.29, 1.82) is 5.41 Å². The van der Waals surface area contributed by atoms with Crippen molar-refractivity contribution in [2.24, 2.45) is 4.99 Å². The van der Waals surface area contributed by atoms with Crippen LogP contribution in [0.4, 0.5) is 13.8 Å². The molecule has 0 spiro atoms. The number of nitrogens with one attached hydrogen (secondary N) is 3. The number of carbonyl (C=O) groups is 2. The van der Waals surface area contributed by atoms with E-state index in [0.717, 1.165) is 29.7 Å². The number of halogens is 2. The Labute approximate surface area is 174 Å². The van der Waals surface area contributed by atoms with Crippen LogP contribution in [-0.2, 0) is 4.79 Å². The van der Waals surface area contributed by atoms with Crippen LogP contribution in [-0.4, -0.2) is 66.5 Å². The number of nitrogens with two attached hydrogens (primary N) is 1. The topological polar surface area (TPSA) is 137 Å². The van der Waals surface area contributed by atoms with Gasteiger partial charge in [-0.2, -0.15) is 0 Å². The zero-order valence-corrected chi connectivity index (χ0v) is 16.7. The second kappa shape index (κ2) is 8.95. The standard InChI is InChI=1S/C18H19F2N7O2S/c1-23-16(27-6-5-24-12(28)8-27)11(7-21)25-17(29)14-15(22)30-18(26-14)13-9(19)3-2-4-10(13)20/h2-4,7,11,21H,5-6,8,22H2,1H3,(H,24,28)(H,25,29). The zero-order valence-electron chi connectivity index (χ0n) is 15.9. The number of aromatic nitrogens is 1. The maximum absolute atomic E-state index is 14.0. The Morgan fingerprint density at radius 3 is 2.77 bits per heavy atom. The number of aliphatic imine (C=N–C) groups is 1. The number of hydrogen-bond donors (Lipinski definition) is 4. The third-order valence-corrected chi connectivity index (χ3v) is 5.27. The molecule has 1 saturated heterocycles. The summed E-state index contributed by atoms with van der Waals surface area (Å²) in [4.78, 5) is 34.1. The monoisotopic (exact) mass is 435 g/mol. The molecule has 30 heavy (non-hydrogen) atoms. The van der Waals surface area contributed by atoms with Gasteiger partial charge in [-0.3, -0.25) is 14.6 Å². The molecule has 2 aromatic rings. The highest BCUT2D eigenvalue weighted by atomic mass is 32.1. The molecule has 0 aliphatic carbocycles. The molecule has 1 unspecified atom stereocenters. The summed E-state index contributed by atoms with van der Waals surface area (Å²) in [5.41, 5.74) is 5.29. The summed E-state index contributed by atoms with van der Waals surface area (Å²) in [5, 5.41) is 12.8. The zero-order chi connectivity index (χ0) is 21.8. The van der Waals surface area contributed by atoms with Crippen LogP contribution in [0.1, 0.15) is 10.5 Å². The summed E-state index contributed by atoms with van der Waals surface area (Å²) in [7, 11) is 1.49. The van der Waals surface area contributed by atoms with E-state index in [9.17, 15) is 18.4 Å². The van der Waals surface area contributed by atoms with E-state index in [0.29, 0.717) is 18.9 Å². The van der Waals surface area contributed by atoms with Crippen LogP contribution in [0.2, 0.25) is 0 Å². The maximum Gasteiger partial charge on any atom is 0.273 e. The number of carbonyl (C=O) groups excluding carboxylic acids is 2. The normalized spacial score (nSPS) is 15.5. The Kier molecular flexibility index (Phi) is 6.35. The fraction of sp³-hybridized carbons (Fsp3) is 0.278. The van der Waals surface area contributed by atoms with Crippen molar-refractivity contribution < 1.29 is 18.4 Å². The third kappa shape index (κ3) is 4.27. The lowest BCUT2D eigenvalue weighted by Crippen LogP contribution is -2.56. The van der Waals surface area contributed by atoms with Gasteiger partial charge in [0.2, 0.25) is 5.91 Å². The summed E-state index contributed by atoms with van der Waals surface area (Å²) in [6, 6.07) is 2.45. The molecule has 2 heterocycles. The van der Waals surface area contributed by atoms with Crippen LogP contribution in [0.15, 0.2) is 23.2 Å². The smallest absolute Gasteiger partial charge is 0.273 e. The molecule has 3 rings (SSSR count). The molecule has 12 heteroatoms. The minimum absolute atomic E-state index is 0.0266. The van der Waals surface area contributed by atoms with Gasteiger partial charge < -0.3 is 26.7 Å². The Morgan fingerprint density at radius 2 is 2.17 bits per heavy atom. The second-order valence-corrected chi connectivity index (χ2v) is 7.33. The number of hydrogen-bond acceptors (Lipinski definition) is 7. The molecule has 158 valence electrons. The van der Waals surface area contributed by atoms with Crippen molar-refractivity contribution in [1.82, 2.24) is 20.5 Å². The molecule has 5 N–H and O–H groups in total. The summed E-state index contributed by atoms with van der Waals surface area (Å²) < 4.78 is 28.1. The van der Waals surface area contributed by atoms with Gasteiger partial charge in [-0.15, -0.1) is 0 Å². The fourth-order valence-corrected chi connectivity index (χ4v) is 3.88. The number of amidine groups is 1. The molecule has 1 atom stereocenters. The number of rotatable bonds is 5. The first-order chi connectivity index (χ1) is 14.3. The van der Waals surface area contributed by atoms with Gasteiger partial charge in [0, 0.05) is 26.4 Å². The lowest BCUT2D eigenvalue weighted by molar-refractivity contribution is -0.122. The molecular formula is C18H19F2N7O2S. The summed E-state index contributed by atoms with van der Waals surface area (Å²) in [6.45, 7) is 0.920. The molecule has 9 nitrogen and oxygen atoms in total. The molecule has 1 aromatic heterocycles. The Hall–Kier alpha value is -3.41. The highest BCUT2D eigenvalue weighted by Gasteiger charge is 2.28. The van der Waals surface area contributed by atoms with Crippen molar-refractivity contribution in [3.63, 3.8) is 0 Å². The van der Waals surface area contributed by atoms with Crippen LogP contribution in [0.5, 0.6) is 0 Å². The van der Waals surface area contributed by atoms with Crippen molar-refractivity contribution in [3.8, 4) is 10.6 Å². The molecule has 0 radical (unpaired) electrons. The van der Waals surface area contributed by atoms with E-state index < -0.39 is 23.6 Å². The Morgan fingerprint density at radius 1 is 1.47 bits per heavy atom. The maximum atomic E-state index is 14.0. The summed E-state index contributed by atoms with van der Waals surface area (Å²) in [5.74, 6) is -2.25. The van der Waals surface area contributed by atoms with Crippen LogP contribution in [0.25, 0.3) is 10.6 Å². The molecule has 1 aliphatic rings. The first-order valence-corrected chi connectivity index (χ1v) is 9.67. The predicted molar refractivity (Wildman–Crippen MR) is 110 cm³/mol. The Balaban J connectivity index is 1.83. The largest absolute Gasteiger partial charge is 0.389 e. The van der Waals surface area contributed by atoms with Crippen molar-refractivity contribution >= 4 is 40.2 Å². The van der Waals surface area contributed by atoms with Gasteiger partial charge in [-0.25, -0.2) is 13.8 Å². The van der Waals surface area contributed by atoms with E-state index in [1.807, 2.05) is 0 Å². The number of benzene rings is 1. The molecular weight excluding hydrogens is 416 g/mol. The first kappa shape index (κ1) is 21.3. The van der Waals surface area contributed by atoms with E-state index in [2.05, 4.69) is 20.6 Å². The molecule has 2 amide bonds. The quantitative estimate of drug-likeness (QED) is 0.408. The lowest BCUT2D eigenvalue weighted by Gasteiger charge is -2.32. The Bertz CT molecular complexity index is 1000. The summed E-state index contributed by atoms with van der Waals surface area (Å²) >= 11 is 0.776. The van der Waals surface area contributed by atoms with E-state index in [1.54, 1.807) is 4.90 Å². The number of nitrogen functional groups attached to an aromatic ring is 1. The van der Waals surface area contributed by atoms with Crippen molar-refractivity contribution in [2.45, 2.75) is 6.04 Å². The van der Waals surface area contributed by atoms with Crippen LogP contribution < -0.4 is 16.4 Å². The van der Waals surface area contributed by atoms with Crippen LogP contribution in [0.3, 0.4) is 0 Å². The van der Waals surface area contributed by atoms with Crippen molar-refractivity contribution in [3.05, 3.63) is 35.5 Å². The number of piperazine rings is 1. The first-order valence-electron chi connectivity index (χ1n) is 8.86. The van der Waals surface area contributed by atoms with Gasteiger partial charge in [0.1, 0.15) is 33.5 Å². The molecule has 0 bridgehead atoms. The van der Waals surface area contributed by atoms with E-state index >= 15 is 0 Å². The number of thiazole rings is 1. The SMILES string of the molecule is CN=C(C(C=N)NC(=O)c1nc(-c2c(F)cccc2F)sc1N)N1CCNC(=O)C1. The number of anilines is 1. The predicted octanol–water partition coefficient (Wildman–Crippen LogP) is 0.879. The highest BCUT2D eigenvalue weighted by molar-refractivity contribution is 7.19. The third-order valence-electron chi connectivity index (χ3n) is 4.37. The summed E-state index contributed by atoms with van der Waals surface area (Å²) in [6.07, 6.45) is 0.965. The van der Waals surface area contributed by atoms with Gasteiger partial charge in [0.25, 0.3) is 5.91 Å². The van der Waals surface area contributed by atoms with Crippen molar-refractivity contribution in [2.75, 3.05) is 32.4 Å². The average molecular weight is 435 g/mol. The second-order valence-electron chi connectivity index (χ2n) is 6.30. The lowest BCUT2D eigenvalue weighted by atomic mass is 10.2. The van der Waals surface area contributed by atoms with Crippen LogP contribution >= 0.6 is 11.3 Å².